The number of nitriles is 1. The first-order valence-electron chi connectivity index (χ1n) is 13.7. The summed E-state index contributed by atoms with van der Waals surface area (Å²) in [5.74, 6) is 0.505. The van der Waals surface area contributed by atoms with Crippen LogP contribution in [0.1, 0.15) is 50.3 Å². The number of aromatic nitrogens is 2. The Morgan fingerprint density at radius 3 is 2.48 bits per heavy atom. The van der Waals surface area contributed by atoms with E-state index in [1.807, 2.05) is 64.1 Å². The SMILES string of the molecule is CC(CNC(=O)OC(C)(C)C)c1ccc(-c2nc(Nc3ccc(CCN4CCOCC4)cc3)ncc2C#N)cc1. The minimum atomic E-state index is -0.536. The fourth-order valence-electron chi connectivity index (χ4n) is 4.38. The Hall–Kier alpha value is -4.00. The summed E-state index contributed by atoms with van der Waals surface area (Å²) in [6, 6.07) is 18.3. The number of nitrogens with zero attached hydrogens (tertiary/aromatic N) is 4. The van der Waals surface area contributed by atoms with E-state index < -0.39 is 11.7 Å². The van der Waals surface area contributed by atoms with E-state index in [0.717, 1.165) is 56.1 Å². The maximum atomic E-state index is 12.0. The van der Waals surface area contributed by atoms with Crippen molar-refractivity contribution in [3.05, 3.63) is 71.4 Å². The molecule has 0 saturated carbocycles. The van der Waals surface area contributed by atoms with Gasteiger partial charge in [0.25, 0.3) is 0 Å². The molecule has 1 aliphatic rings. The summed E-state index contributed by atoms with van der Waals surface area (Å²) >= 11 is 0. The fourth-order valence-corrected chi connectivity index (χ4v) is 4.38. The Balaban J connectivity index is 1.38. The highest BCUT2D eigenvalue weighted by molar-refractivity contribution is 5.69. The van der Waals surface area contributed by atoms with Crippen molar-refractivity contribution in [3.8, 4) is 17.3 Å². The summed E-state index contributed by atoms with van der Waals surface area (Å²) in [5, 5.41) is 15.7. The van der Waals surface area contributed by atoms with Crippen LogP contribution in [0.15, 0.2) is 54.7 Å². The van der Waals surface area contributed by atoms with E-state index in [1.165, 1.54) is 5.56 Å². The van der Waals surface area contributed by atoms with Gasteiger partial charge in [0.1, 0.15) is 11.7 Å². The van der Waals surface area contributed by atoms with Gasteiger partial charge in [-0.1, -0.05) is 43.3 Å². The number of ether oxygens (including phenoxy) is 2. The zero-order valence-corrected chi connectivity index (χ0v) is 23.7. The molecule has 3 aromatic rings. The van der Waals surface area contributed by atoms with E-state index in [4.69, 9.17) is 9.47 Å². The molecule has 2 aromatic carbocycles. The van der Waals surface area contributed by atoms with Crippen LogP contribution in [0.4, 0.5) is 16.4 Å². The number of alkyl carbamates (subject to hydrolysis) is 1. The molecule has 0 radical (unpaired) electrons. The summed E-state index contributed by atoms with van der Waals surface area (Å²) in [6.07, 6.45) is 2.10. The van der Waals surface area contributed by atoms with Gasteiger partial charge in [-0.25, -0.2) is 14.8 Å². The zero-order valence-electron chi connectivity index (χ0n) is 23.7. The number of nitrogens with one attached hydrogen (secondary N) is 2. The summed E-state index contributed by atoms with van der Waals surface area (Å²) in [6.45, 7) is 12.6. The lowest BCUT2D eigenvalue weighted by Gasteiger charge is -2.26. The Morgan fingerprint density at radius 2 is 1.82 bits per heavy atom. The minimum absolute atomic E-state index is 0.0801. The van der Waals surface area contributed by atoms with Crippen molar-refractivity contribution in [2.45, 2.75) is 45.6 Å². The van der Waals surface area contributed by atoms with Crippen molar-refractivity contribution in [1.29, 1.82) is 5.26 Å². The third-order valence-corrected chi connectivity index (χ3v) is 6.64. The molecule has 9 nitrogen and oxygen atoms in total. The molecule has 9 heteroatoms. The average Bonchev–Trinajstić information content (AvgIpc) is 2.95. The van der Waals surface area contributed by atoms with E-state index in [2.05, 4.69) is 43.7 Å². The summed E-state index contributed by atoms with van der Waals surface area (Å²) < 4.78 is 10.7. The van der Waals surface area contributed by atoms with Crippen LogP contribution in [0.2, 0.25) is 0 Å². The van der Waals surface area contributed by atoms with Gasteiger partial charge in [0.05, 0.1) is 30.7 Å². The van der Waals surface area contributed by atoms with E-state index in [1.54, 1.807) is 6.20 Å². The van der Waals surface area contributed by atoms with Crippen molar-refractivity contribution < 1.29 is 14.3 Å². The van der Waals surface area contributed by atoms with Crippen molar-refractivity contribution in [1.82, 2.24) is 20.2 Å². The Labute approximate surface area is 236 Å². The second-order valence-electron chi connectivity index (χ2n) is 11.0. The summed E-state index contributed by atoms with van der Waals surface area (Å²) in [5.41, 5.74) is 4.45. The Kier molecular flexibility index (Phi) is 9.70. The van der Waals surface area contributed by atoms with Crippen LogP contribution in [-0.2, 0) is 15.9 Å². The molecule has 1 aromatic heterocycles. The molecule has 0 aliphatic carbocycles. The van der Waals surface area contributed by atoms with Crippen molar-refractivity contribution in [2.24, 2.45) is 0 Å². The zero-order chi connectivity index (χ0) is 28.5. The number of morpholine rings is 1. The molecule has 1 atom stereocenters. The molecule has 1 saturated heterocycles. The molecule has 4 rings (SSSR count). The van der Waals surface area contributed by atoms with Crippen molar-refractivity contribution >= 4 is 17.7 Å². The van der Waals surface area contributed by atoms with Crippen LogP contribution in [-0.4, -0.2) is 66.0 Å². The molecule has 0 spiro atoms. The number of hydrogen-bond acceptors (Lipinski definition) is 8. The topological polar surface area (TPSA) is 112 Å². The quantitative estimate of drug-likeness (QED) is 0.377. The number of anilines is 2. The normalized spacial score (nSPS) is 14.7. The maximum Gasteiger partial charge on any atom is 0.407 e. The molecule has 2 N–H and O–H groups in total. The van der Waals surface area contributed by atoms with Gasteiger partial charge >= 0.3 is 6.09 Å². The van der Waals surface area contributed by atoms with Gasteiger partial charge in [0, 0.05) is 37.4 Å². The monoisotopic (exact) mass is 542 g/mol. The van der Waals surface area contributed by atoms with Gasteiger partial charge in [-0.05, 0) is 56.4 Å². The predicted molar refractivity (Wildman–Crippen MR) is 156 cm³/mol. The number of rotatable bonds is 9. The first-order chi connectivity index (χ1) is 19.2. The fraction of sp³-hybridized carbons (Fsp3) is 0.419. The highest BCUT2D eigenvalue weighted by atomic mass is 16.6. The standard InChI is InChI=1S/C31H38N6O3/c1-22(20-34-30(38)40-31(2,3)4)24-7-9-25(10-8-24)28-26(19-32)21-33-29(36-28)35-27-11-5-23(6-12-27)13-14-37-15-17-39-18-16-37/h5-12,21-22H,13-18,20H2,1-4H3,(H,34,38)(H,33,35,36). The van der Waals surface area contributed by atoms with Crippen molar-refractivity contribution in [3.63, 3.8) is 0 Å². The van der Waals surface area contributed by atoms with Crippen molar-refractivity contribution in [2.75, 3.05) is 44.7 Å². The van der Waals surface area contributed by atoms with Gasteiger partial charge in [-0.3, -0.25) is 4.90 Å². The molecule has 210 valence electrons. The van der Waals surface area contributed by atoms with Crippen LogP contribution in [0, 0.1) is 11.3 Å². The van der Waals surface area contributed by atoms with E-state index in [9.17, 15) is 10.1 Å². The van der Waals surface area contributed by atoms with Crippen LogP contribution in [0.25, 0.3) is 11.3 Å². The lowest BCUT2D eigenvalue weighted by Crippen LogP contribution is -2.37. The smallest absolute Gasteiger partial charge is 0.407 e. The molecule has 1 amide bonds. The lowest BCUT2D eigenvalue weighted by molar-refractivity contribution is 0.0384. The number of benzene rings is 2. The van der Waals surface area contributed by atoms with Crippen LogP contribution < -0.4 is 10.6 Å². The second kappa shape index (κ2) is 13.4. The highest BCUT2D eigenvalue weighted by Crippen LogP contribution is 2.26. The van der Waals surface area contributed by atoms with E-state index >= 15 is 0 Å². The molecular weight excluding hydrogens is 504 g/mol. The lowest BCUT2D eigenvalue weighted by atomic mass is 9.98. The number of hydrogen-bond donors (Lipinski definition) is 2. The third-order valence-electron chi connectivity index (χ3n) is 6.64. The van der Waals surface area contributed by atoms with Gasteiger partial charge in [-0.2, -0.15) is 5.26 Å². The highest BCUT2D eigenvalue weighted by Gasteiger charge is 2.17. The predicted octanol–water partition coefficient (Wildman–Crippen LogP) is 5.26. The second-order valence-corrected chi connectivity index (χ2v) is 11.0. The van der Waals surface area contributed by atoms with Crippen LogP contribution in [0.3, 0.4) is 0 Å². The third kappa shape index (κ3) is 8.50. The summed E-state index contributed by atoms with van der Waals surface area (Å²) in [4.78, 5) is 23.4. The first kappa shape index (κ1) is 29.0. The minimum Gasteiger partial charge on any atom is -0.444 e. The molecule has 1 fully saturated rings. The average molecular weight is 543 g/mol. The van der Waals surface area contributed by atoms with E-state index in [-0.39, 0.29) is 5.92 Å². The largest absolute Gasteiger partial charge is 0.444 e. The molecule has 0 bridgehead atoms. The molecular formula is C31H38N6O3. The van der Waals surface area contributed by atoms with E-state index in [0.29, 0.717) is 23.8 Å². The molecule has 1 unspecified atom stereocenters. The van der Waals surface area contributed by atoms with Crippen LogP contribution >= 0.6 is 0 Å². The number of carbonyl (C=O) groups excluding carboxylic acids is 1. The van der Waals surface area contributed by atoms with Gasteiger partial charge in [0.15, 0.2) is 0 Å². The first-order valence-corrected chi connectivity index (χ1v) is 13.7. The molecule has 2 heterocycles. The Bertz CT molecular complexity index is 1310. The number of carbonyl (C=O) groups is 1. The summed E-state index contributed by atoms with van der Waals surface area (Å²) in [7, 11) is 0. The number of amides is 1. The van der Waals surface area contributed by atoms with Gasteiger partial charge < -0.3 is 20.1 Å². The van der Waals surface area contributed by atoms with Gasteiger partial charge in [0.2, 0.25) is 5.95 Å². The Morgan fingerprint density at radius 1 is 1.12 bits per heavy atom. The molecule has 40 heavy (non-hydrogen) atoms. The van der Waals surface area contributed by atoms with Gasteiger partial charge in [-0.15, -0.1) is 0 Å². The maximum absolute atomic E-state index is 12.0. The van der Waals surface area contributed by atoms with Crippen LogP contribution in [0.5, 0.6) is 0 Å². The molecule has 1 aliphatic heterocycles.